The number of carbonyl (C=O) groups is 4. The average Bonchev–Trinajstić information content (AvgIpc) is 3.26. The van der Waals surface area contributed by atoms with Crippen molar-refractivity contribution in [2.75, 3.05) is 0 Å². The second-order valence-electron chi connectivity index (χ2n) is 7.91. The van der Waals surface area contributed by atoms with Crippen LogP contribution in [0.3, 0.4) is 0 Å². The van der Waals surface area contributed by atoms with Crippen LogP contribution in [0.15, 0.2) is 30.3 Å². The van der Waals surface area contributed by atoms with E-state index >= 15 is 0 Å². The van der Waals surface area contributed by atoms with E-state index in [-0.39, 0.29) is 28.4 Å². The second kappa shape index (κ2) is 11.6. The Morgan fingerprint density at radius 3 is 2.34 bits per heavy atom. The van der Waals surface area contributed by atoms with Gasteiger partial charge in [0, 0.05) is 10.4 Å². The Balaban J connectivity index is 2.18. The number of aliphatic carboxylic acids is 1. The molecule has 12 heteroatoms. The number of hydrogen-bond donors (Lipinski definition) is 5. The van der Waals surface area contributed by atoms with Gasteiger partial charge in [0.1, 0.15) is 16.8 Å². The number of thiophene rings is 1. The lowest BCUT2D eigenvalue weighted by atomic mass is 9.77. The number of amides is 2. The number of esters is 1. The van der Waals surface area contributed by atoms with Crippen LogP contribution in [0.4, 0.5) is 4.39 Å². The third-order valence-electron chi connectivity index (χ3n) is 5.66. The summed E-state index contributed by atoms with van der Waals surface area (Å²) in [6.45, 7) is 3.56. The number of carboxylic acids is 1. The smallest absolute Gasteiger partial charge is 0.353 e. The van der Waals surface area contributed by atoms with Crippen LogP contribution in [0.5, 0.6) is 5.75 Å². The Kier molecular flexibility index (Phi) is 9.06. The van der Waals surface area contributed by atoms with Crippen LogP contribution in [-0.4, -0.2) is 40.7 Å². The van der Waals surface area contributed by atoms with Crippen LogP contribution in [-0.2, 0) is 20.8 Å². The van der Waals surface area contributed by atoms with Crippen molar-refractivity contribution in [1.29, 1.82) is 5.41 Å². The SMILES string of the molecule is CCC(CC)(Cc1ccc(C(=O)Oc2ccc(C(=N)N)cc2F)s1)C(=O)N[C@@H](CC(N)=O)C(=O)O. The summed E-state index contributed by atoms with van der Waals surface area (Å²) < 4.78 is 19.3. The van der Waals surface area contributed by atoms with Gasteiger partial charge in [-0.15, -0.1) is 11.3 Å². The van der Waals surface area contributed by atoms with E-state index in [1.807, 2.05) is 0 Å². The Morgan fingerprint density at radius 2 is 1.83 bits per heavy atom. The summed E-state index contributed by atoms with van der Waals surface area (Å²) >= 11 is 1.06. The molecule has 0 aliphatic heterocycles. The standard InChI is InChI=1S/C23H27FN4O6S/c1-3-23(4-2,22(33)28-15(20(30)31)10-18(25)29)11-13-6-8-17(35-13)21(32)34-16-7-5-12(19(26)27)9-14(16)24/h5-9,15H,3-4,10-11H2,1-2H3,(H2,25,29)(H3,26,27)(H,28,33)(H,30,31)/t15-/m0/s1. The minimum atomic E-state index is -1.45. The molecule has 0 fully saturated rings. The summed E-state index contributed by atoms with van der Waals surface area (Å²) in [7, 11) is 0. The molecule has 0 saturated carbocycles. The number of primary amides is 1. The molecule has 1 atom stereocenters. The maximum Gasteiger partial charge on any atom is 0.353 e. The number of amidine groups is 1. The van der Waals surface area contributed by atoms with Crippen molar-refractivity contribution in [2.24, 2.45) is 16.9 Å². The van der Waals surface area contributed by atoms with Crippen molar-refractivity contribution in [3.05, 3.63) is 51.5 Å². The third-order valence-corrected chi connectivity index (χ3v) is 6.73. The van der Waals surface area contributed by atoms with Crippen LogP contribution in [0, 0.1) is 16.6 Å². The normalized spacial score (nSPS) is 12.0. The summed E-state index contributed by atoms with van der Waals surface area (Å²) in [5.74, 6) is -5.06. The predicted octanol–water partition coefficient (Wildman–Crippen LogP) is 2.18. The number of rotatable bonds is 12. The highest BCUT2D eigenvalue weighted by Crippen LogP contribution is 2.34. The lowest BCUT2D eigenvalue weighted by Gasteiger charge is -2.31. The highest BCUT2D eigenvalue weighted by atomic mass is 32.1. The first-order valence-electron chi connectivity index (χ1n) is 10.7. The maximum atomic E-state index is 14.2. The van der Waals surface area contributed by atoms with E-state index < -0.39 is 47.4 Å². The molecule has 7 N–H and O–H groups in total. The quantitative estimate of drug-likeness (QED) is 0.126. The first-order valence-corrected chi connectivity index (χ1v) is 11.5. The predicted molar refractivity (Wildman–Crippen MR) is 127 cm³/mol. The third kappa shape index (κ3) is 6.85. The molecule has 1 heterocycles. The van der Waals surface area contributed by atoms with Gasteiger partial charge in [-0.3, -0.25) is 15.0 Å². The van der Waals surface area contributed by atoms with Gasteiger partial charge in [-0.2, -0.15) is 0 Å². The lowest BCUT2D eigenvalue weighted by Crippen LogP contribution is -2.50. The highest BCUT2D eigenvalue weighted by molar-refractivity contribution is 7.14. The van der Waals surface area contributed by atoms with Crippen molar-refractivity contribution in [2.45, 2.75) is 45.6 Å². The monoisotopic (exact) mass is 506 g/mol. The Morgan fingerprint density at radius 1 is 1.17 bits per heavy atom. The van der Waals surface area contributed by atoms with Gasteiger partial charge >= 0.3 is 11.9 Å². The van der Waals surface area contributed by atoms with E-state index in [2.05, 4.69) is 5.32 Å². The molecule has 35 heavy (non-hydrogen) atoms. The molecule has 0 aliphatic rings. The number of hydrogen-bond acceptors (Lipinski definition) is 7. The van der Waals surface area contributed by atoms with E-state index in [1.165, 1.54) is 18.2 Å². The Hall–Kier alpha value is -3.80. The fraction of sp³-hybridized carbons (Fsp3) is 0.348. The van der Waals surface area contributed by atoms with Crippen LogP contribution < -0.4 is 21.5 Å². The van der Waals surface area contributed by atoms with Gasteiger partial charge in [0.15, 0.2) is 11.6 Å². The minimum absolute atomic E-state index is 0.149. The first kappa shape index (κ1) is 27.4. The molecule has 0 bridgehead atoms. The molecule has 10 nitrogen and oxygen atoms in total. The molecule has 0 saturated heterocycles. The van der Waals surface area contributed by atoms with Gasteiger partial charge in [-0.05, 0) is 49.6 Å². The zero-order chi connectivity index (χ0) is 26.3. The highest BCUT2D eigenvalue weighted by Gasteiger charge is 2.38. The maximum absolute atomic E-state index is 14.2. The van der Waals surface area contributed by atoms with Crippen LogP contribution in [0.1, 0.15) is 53.2 Å². The van der Waals surface area contributed by atoms with Gasteiger partial charge in [0.05, 0.1) is 11.8 Å². The number of halogens is 1. The number of carbonyl (C=O) groups excluding carboxylic acids is 3. The number of ether oxygens (including phenoxy) is 1. The molecule has 0 spiro atoms. The van der Waals surface area contributed by atoms with Gasteiger partial charge in [-0.1, -0.05) is 13.8 Å². The fourth-order valence-electron chi connectivity index (χ4n) is 3.43. The van der Waals surface area contributed by atoms with Crippen molar-refractivity contribution < 1.29 is 33.4 Å². The van der Waals surface area contributed by atoms with Crippen LogP contribution >= 0.6 is 11.3 Å². The summed E-state index contributed by atoms with van der Waals surface area (Å²) in [6, 6.07) is 5.23. The molecule has 1 aromatic carbocycles. The zero-order valence-electron chi connectivity index (χ0n) is 19.2. The number of carboxylic acid groups (broad SMARTS) is 1. The van der Waals surface area contributed by atoms with Crippen molar-refractivity contribution in [3.8, 4) is 5.75 Å². The molecular formula is C23H27FN4O6S. The first-order chi connectivity index (χ1) is 16.4. The van der Waals surface area contributed by atoms with E-state index in [0.29, 0.717) is 17.7 Å². The van der Waals surface area contributed by atoms with Gasteiger partial charge < -0.3 is 26.6 Å². The zero-order valence-corrected chi connectivity index (χ0v) is 20.0. The molecule has 2 amide bonds. The summed E-state index contributed by atoms with van der Waals surface area (Å²) in [5, 5.41) is 19.0. The van der Waals surface area contributed by atoms with Gasteiger partial charge in [0.25, 0.3) is 0 Å². The molecule has 0 unspecified atom stereocenters. The van der Waals surface area contributed by atoms with E-state index in [1.54, 1.807) is 19.9 Å². The largest absolute Gasteiger partial charge is 0.480 e. The minimum Gasteiger partial charge on any atom is -0.480 e. The fourth-order valence-corrected chi connectivity index (χ4v) is 4.46. The lowest BCUT2D eigenvalue weighted by molar-refractivity contribution is -0.145. The van der Waals surface area contributed by atoms with Crippen LogP contribution in [0.25, 0.3) is 0 Å². The molecule has 2 rings (SSSR count). The number of benzene rings is 1. The molecule has 0 radical (unpaired) electrons. The van der Waals surface area contributed by atoms with Gasteiger partial charge in [-0.25, -0.2) is 14.0 Å². The summed E-state index contributed by atoms with van der Waals surface area (Å²) in [4.78, 5) is 49.0. The van der Waals surface area contributed by atoms with Crippen molar-refractivity contribution in [1.82, 2.24) is 5.32 Å². The van der Waals surface area contributed by atoms with Crippen molar-refractivity contribution >= 4 is 40.9 Å². The summed E-state index contributed by atoms with van der Waals surface area (Å²) in [6.07, 6.45) is 0.394. The topological polar surface area (TPSA) is 186 Å². The summed E-state index contributed by atoms with van der Waals surface area (Å²) in [5.41, 5.74) is 9.56. The molecule has 0 aliphatic carbocycles. The Labute approximate surface area is 205 Å². The van der Waals surface area contributed by atoms with Crippen LogP contribution in [0.2, 0.25) is 0 Å². The molecule has 2 aromatic rings. The van der Waals surface area contributed by atoms with Gasteiger partial charge in [0.2, 0.25) is 11.8 Å². The molecule has 188 valence electrons. The van der Waals surface area contributed by atoms with E-state index in [0.717, 1.165) is 17.4 Å². The number of nitrogens with one attached hydrogen (secondary N) is 2. The Bertz CT molecular complexity index is 1140. The number of nitrogen functional groups attached to an aromatic ring is 1. The van der Waals surface area contributed by atoms with E-state index in [4.69, 9.17) is 21.6 Å². The average molecular weight is 507 g/mol. The number of nitrogens with two attached hydrogens (primary N) is 2. The van der Waals surface area contributed by atoms with Crippen molar-refractivity contribution in [3.63, 3.8) is 0 Å². The van der Waals surface area contributed by atoms with E-state index in [9.17, 15) is 28.7 Å². The second-order valence-corrected chi connectivity index (χ2v) is 9.08. The molecule has 1 aromatic heterocycles. The molecular weight excluding hydrogens is 479 g/mol.